The molecule has 0 radical (unpaired) electrons. The maximum atomic E-state index is 12.1. The van der Waals surface area contributed by atoms with Crippen LogP contribution in [0.4, 0.5) is 0 Å². The summed E-state index contributed by atoms with van der Waals surface area (Å²) >= 11 is 0. The van der Waals surface area contributed by atoms with E-state index in [0.717, 1.165) is 12.8 Å². The third-order valence-corrected chi connectivity index (χ3v) is 2.58. The molecule has 1 amide bonds. The zero-order valence-corrected chi connectivity index (χ0v) is 9.04. The van der Waals surface area contributed by atoms with Crippen LogP contribution in [0.2, 0.25) is 0 Å². The second-order valence-corrected chi connectivity index (χ2v) is 3.95. The lowest BCUT2D eigenvalue weighted by Gasteiger charge is -2.20. The quantitative estimate of drug-likeness (QED) is 0.793. The molecular weight excluding hydrogens is 224 g/mol. The number of aromatic hydroxyl groups is 1. The first-order valence-corrected chi connectivity index (χ1v) is 5.25. The van der Waals surface area contributed by atoms with Crippen LogP contribution in [0.15, 0.2) is 18.5 Å². The molecule has 2 N–H and O–H groups in total. The van der Waals surface area contributed by atoms with Crippen molar-refractivity contribution < 1.29 is 19.8 Å². The van der Waals surface area contributed by atoms with E-state index in [1.54, 1.807) is 0 Å². The Kier molecular flexibility index (Phi) is 2.95. The average Bonchev–Trinajstić information content (AvgIpc) is 3.09. The molecule has 1 aliphatic carbocycles. The van der Waals surface area contributed by atoms with Crippen LogP contribution >= 0.6 is 0 Å². The number of aliphatic carboxylic acids is 1. The fourth-order valence-corrected chi connectivity index (χ4v) is 1.62. The van der Waals surface area contributed by atoms with E-state index in [9.17, 15) is 14.7 Å². The summed E-state index contributed by atoms with van der Waals surface area (Å²) < 4.78 is 0. The van der Waals surface area contributed by atoms with Crippen molar-refractivity contribution in [1.82, 2.24) is 9.88 Å². The number of carbonyl (C=O) groups is 2. The van der Waals surface area contributed by atoms with E-state index in [2.05, 4.69) is 4.98 Å². The minimum atomic E-state index is -1.06. The molecule has 90 valence electrons. The van der Waals surface area contributed by atoms with Crippen LogP contribution in [0.3, 0.4) is 0 Å². The molecule has 0 aromatic carbocycles. The highest BCUT2D eigenvalue weighted by molar-refractivity contribution is 5.98. The minimum Gasteiger partial charge on any atom is -0.505 e. The third-order valence-electron chi connectivity index (χ3n) is 2.58. The van der Waals surface area contributed by atoms with Gasteiger partial charge in [-0.05, 0) is 18.9 Å². The molecule has 0 saturated heterocycles. The molecule has 6 heteroatoms. The van der Waals surface area contributed by atoms with Crippen LogP contribution in [0, 0.1) is 0 Å². The van der Waals surface area contributed by atoms with E-state index < -0.39 is 11.9 Å². The Balaban J connectivity index is 2.22. The number of hydrogen-bond acceptors (Lipinski definition) is 4. The maximum Gasteiger partial charge on any atom is 0.323 e. The monoisotopic (exact) mass is 236 g/mol. The molecule has 0 atom stereocenters. The van der Waals surface area contributed by atoms with Gasteiger partial charge in [0.2, 0.25) is 0 Å². The van der Waals surface area contributed by atoms with E-state index in [0.29, 0.717) is 0 Å². The molecule has 1 aliphatic rings. The van der Waals surface area contributed by atoms with Crippen molar-refractivity contribution in [3.8, 4) is 5.75 Å². The topological polar surface area (TPSA) is 90.7 Å². The van der Waals surface area contributed by atoms with E-state index in [-0.39, 0.29) is 23.9 Å². The average molecular weight is 236 g/mol. The number of nitrogens with zero attached hydrogens (tertiary/aromatic N) is 2. The van der Waals surface area contributed by atoms with E-state index in [1.165, 1.54) is 23.4 Å². The zero-order valence-electron chi connectivity index (χ0n) is 9.04. The first-order valence-electron chi connectivity index (χ1n) is 5.25. The highest BCUT2D eigenvalue weighted by atomic mass is 16.4. The normalized spacial score (nSPS) is 14.4. The summed E-state index contributed by atoms with van der Waals surface area (Å²) in [5.74, 6) is -1.75. The molecule has 0 unspecified atom stereocenters. The molecule has 2 rings (SSSR count). The number of carbonyl (C=O) groups excluding carboxylic acids is 1. The summed E-state index contributed by atoms with van der Waals surface area (Å²) in [4.78, 5) is 27.7. The lowest BCUT2D eigenvalue weighted by molar-refractivity contribution is -0.137. The molecule has 0 aliphatic heterocycles. The summed E-state index contributed by atoms with van der Waals surface area (Å²) in [6.45, 7) is -0.342. The van der Waals surface area contributed by atoms with Gasteiger partial charge < -0.3 is 15.1 Å². The van der Waals surface area contributed by atoms with Crippen molar-refractivity contribution >= 4 is 11.9 Å². The fourth-order valence-electron chi connectivity index (χ4n) is 1.62. The molecule has 0 spiro atoms. The lowest BCUT2D eigenvalue weighted by atomic mass is 10.2. The lowest BCUT2D eigenvalue weighted by Crippen LogP contribution is -2.37. The Hall–Kier alpha value is -2.11. The molecule has 1 saturated carbocycles. The molecule has 0 bridgehead atoms. The van der Waals surface area contributed by atoms with E-state index in [1.807, 2.05) is 0 Å². The molecule has 1 fully saturated rings. The van der Waals surface area contributed by atoms with Crippen molar-refractivity contribution in [2.24, 2.45) is 0 Å². The van der Waals surface area contributed by atoms with Gasteiger partial charge in [-0.1, -0.05) is 0 Å². The predicted octanol–water partition coefficient (Wildman–Crippen LogP) is 0.476. The largest absolute Gasteiger partial charge is 0.505 e. The van der Waals surface area contributed by atoms with Crippen LogP contribution in [0.1, 0.15) is 23.2 Å². The van der Waals surface area contributed by atoms with Crippen LogP contribution in [0.25, 0.3) is 0 Å². The Morgan fingerprint density at radius 2 is 2.18 bits per heavy atom. The van der Waals surface area contributed by atoms with Gasteiger partial charge in [-0.2, -0.15) is 0 Å². The number of amides is 1. The number of aromatic nitrogens is 1. The number of carboxylic acid groups (broad SMARTS) is 1. The second-order valence-electron chi connectivity index (χ2n) is 3.95. The van der Waals surface area contributed by atoms with E-state index in [4.69, 9.17) is 5.11 Å². The van der Waals surface area contributed by atoms with Gasteiger partial charge in [-0.25, -0.2) is 0 Å². The Labute approximate surface area is 97.5 Å². The molecule has 6 nitrogen and oxygen atoms in total. The smallest absolute Gasteiger partial charge is 0.323 e. The van der Waals surface area contributed by atoms with Gasteiger partial charge in [0.05, 0.1) is 11.8 Å². The van der Waals surface area contributed by atoms with Gasteiger partial charge in [-0.15, -0.1) is 0 Å². The SMILES string of the molecule is O=C(O)CN(C(=O)c1ccncc1O)C1CC1. The molecule has 1 aromatic rings. The van der Waals surface area contributed by atoms with Crippen molar-refractivity contribution in [2.45, 2.75) is 18.9 Å². The van der Waals surface area contributed by atoms with Crippen LogP contribution < -0.4 is 0 Å². The first-order chi connectivity index (χ1) is 8.09. The van der Waals surface area contributed by atoms with E-state index >= 15 is 0 Å². The standard InChI is InChI=1S/C11H12N2O4/c14-9-5-12-4-3-8(9)11(17)13(6-10(15)16)7-1-2-7/h3-5,7,14H,1-2,6H2,(H,15,16). The minimum absolute atomic E-state index is 0.0221. The fraction of sp³-hybridized carbons (Fsp3) is 0.364. The van der Waals surface area contributed by atoms with Gasteiger partial charge >= 0.3 is 5.97 Å². The predicted molar refractivity (Wildman–Crippen MR) is 57.6 cm³/mol. The number of rotatable bonds is 4. The van der Waals surface area contributed by atoms with Crippen LogP contribution in [-0.2, 0) is 4.79 Å². The Morgan fingerprint density at radius 3 is 2.71 bits per heavy atom. The van der Waals surface area contributed by atoms with Crippen molar-refractivity contribution in [3.05, 3.63) is 24.0 Å². The molecule has 1 aromatic heterocycles. The van der Waals surface area contributed by atoms with Gasteiger partial charge in [0.1, 0.15) is 12.3 Å². The Bertz CT molecular complexity index is 457. The molecule has 17 heavy (non-hydrogen) atoms. The van der Waals surface area contributed by atoms with Gasteiger partial charge in [-0.3, -0.25) is 14.6 Å². The van der Waals surface area contributed by atoms with Gasteiger partial charge in [0, 0.05) is 12.2 Å². The highest BCUT2D eigenvalue weighted by Gasteiger charge is 2.35. The molecule has 1 heterocycles. The summed E-state index contributed by atoms with van der Waals surface area (Å²) in [6, 6.07) is 1.36. The zero-order chi connectivity index (χ0) is 12.4. The number of hydrogen-bond donors (Lipinski definition) is 2. The highest BCUT2D eigenvalue weighted by Crippen LogP contribution is 2.29. The Morgan fingerprint density at radius 1 is 1.47 bits per heavy atom. The number of carboxylic acids is 1. The van der Waals surface area contributed by atoms with Gasteiger partial charge in [0.15, 0.2) is 0 Å². The van der Waals surface area contributed by atoms with Gasteiger partial charge in [0.25, 0.3) is 5.91 Å². The van der Waals surface area contributed by atoms with Crippen LogP contribution in [-0.4, -0.2) is 44.6 Å². The summed E-state index contributed by atoms with van der Waals surface area (Å²) in [5, 5.41) is 18.3. The van der Waals surface area contributed by atoms with Crippen molar-refractivity contribution in [2.75, 3.05) is 6.54 Å². The van der Waals surface area contributed by atoms with Crippen molar-refractivity contribution in [1.29, 1.82) is 0 Å². The summed E-state index contributed by atoms with van der Waals surface area (Å²) in [7, 11) is 0. The maximum absolute atomic E-state index is 12.1. The molecular formula is C11H12N2O4. The van der Waals surface area contributed by atoms with Crippen molar-refractivity contribution in [3.63, 3.8) is 0 Å². The number of pyridine rings is 1. The second kappa shape index (κ2) is 4.40. The summed E-state index contributed by atoms with van der Waals surface area (Å²) in [5.41, 5.74) is 0.0909. The summed E-state index contributed by atoms with van der Waals surface area (Å²) in [6.07, 6.45) is 4.17. The third kappa shape index (κ3) is 2.52. The van der Waals surface area contributed by atoms with Crippen LogP contribution in [0.5, 0.6) is 5.75 Å². The first kappa shape index (κ1) is 11.4.